The number of unbranched alkanes of at least 4 members (excludes halogenated alkanes) is 3. The van der Waals surface area contributed by atoms with Crippen molar-refractivity contribution in [3.8, 4) is 0 Å². The molecule has 7 nitrogen and oxygen atoms in total. The highest BCUT2D eigenvalue weighted by molar-refractivity contribution is 8.00. The molecule has 2 heterocycles. The van der Waals surface area contributed by atoms with Gasteiger partial charge in [-0.05, 0) is 25.5 Å². The van der Waals surface area contributed by atoms with Gasteiger partial charge >= 0.3 is 6.03 Å². The summed E-state index contributed by atoms with van der Waals surface area (Å²) in [7, 11) is 0. The van der Waals surface area contributed by atoms with Crippen molar-refractivity contribution >= 4 is 34.6 Å². The Bertz CT molecular complexity index is 927. The van der Waals surface area contributed by atoms with Crippen molar-refractivity contribution in [2.75, 3.05) is 13.1 Å². The molecule has 0 spiro atoms. The molecule has 0 aliphatic carbocycles. The van der Waals surface area contributed by atoms with E-state index in [1.807, 2.05) is 18.2 Å². The fourth-order valence-electron chi connectivity index (χ4n) is 3.24. The number of fused-ring (bicyclic) bond motifs is 1. The van der Waals surface area contributed by atoms with Crippen LogP contribution in [0.25, 0.3) is 10.9 Å². The van der Waals surface area contributed by atoms with Crippen LogP contribution in [0.3, 0.4) is 0 Å². The van der Waals surface area contributed by atoms with Crippen LogP contribution in [0.5, 0.6) is 0 Å². The number of nitrogens with one attached hydrogen (secondary N) is 1. The molecular weight excluding hydrogens is 376 g/mol. The van der Waals surface area contributed by atoms with E-state index >= 15 is 0 Å². The third-order valence-electron chi connectivity index (χ3n) is 4.81. The second-order valence-electron chi connectivity index (χ2n) is 6.91. The molecule has 0 bridgehead atoms. The predicted octanol–water partition coefficient (Wildman–Crippen LogP) is 3.01. The molecule has 1 N–H and O–H groups in total. The SMILES string of the molecule is CCCCCCn1c(SC(C)C(=O)N2CCNC2=O)nc2ccccc2c1=O. The first-order chi connectivity index (χ1) is 13.5. The maximum Gasteiger partial charge on any atom is 0.324 e. The van der Waals surface area contributed by atoms with E-state index in [-0.39, 0.29) is 17.5 Å². The van der Waals surface area contributed by atoms with Crippen molar-refractivity contribution in [2.24, 2.45) is 0 Å². The van der Waals surface area contributed by atoms with Crippen molar-refractivity contribution < 1.29 is 9.59 Å². The van der Waals surface area contributed by atoms with Gasteiger partial charge in [0.1, 0.15) is 0 Å². The highest BCUT2D eigenvalue weighted by Gasteiger charge is 2.31. The number of rotatable bonds is 8. The molecule has 0 radical (unpaired) electrons. The Balaban J connectivity index is 1.88. The summed E-state index contributed by atoms with van der Waals surface area (Å²) < 4.78 is 1.68. The van der Waals surface area contributed by atoms with E-state index in [9.17, 15) is 14.4 Å². The molecule has 1 aromatic heterocycles. The van der Waals surface area contributed by atoms with Crippen molar-refractivity contribution in [2.45, 2.75) is 56.5 Å². The number of carbonyl (C=O) groups excluding carboxylic acids is 2. The molecule has 3 amide bonds. The molecule has 3 rings (SSSR count). The second-order valence-corrected chi connectivity index (χ2v) is 8.22. The summed E-state index contributed by atoms with van der Waals surface area (Å²) in [6, 6.07) is 6.91. The molecule has 1 unspecified atom stereocenters. The number of hydrogen-bond acceptors (Lipinski definition) is 5. The highest BCUT2D eigenvalue weighted by Crippen LogP contribution is 2.24. The predicted molar refractivity (Wildman–Crippen MR) is 111 cm³/mol. The molecule has 150 valence electrons. The topological polar surface area (TPSA) is 84.3 Å². The number of thioether (sulfide) groups is 1. The maximum atomic E-state index is 13.0. The summed E-state index contributed by atoms with van der Waals surface area (Å²) in [6.45, 7) is 5.31. The van der Waals surface area contributed by atoms with Gasteiger partial charge < -0.3 is 5.32 Å². The largest absolute Gasteiger partial charge is 0.336 e. The minimum atomic E-state index is -0.515. The molecule has 2 aromatic rings. The summed E-state index contributed by atoms with van der Waals surface area (Å²) in [5.41, 5.74) is 0.543. The van der Waals surface area contributed by atoms with Crippen LogP contribution < -0.4 is 10.9 Å². The first-order valence-corrected chi connectivity index (χ1v) is 10.7. The lowest BCUT2D eigenvalue weighted by molar-refractivity contribution is -0.126. The standard InChI is InChI=1S/C20H26N4O3S/c1-3-4-5-8-12-24-18(26)15-9-6-7-10-16(15)22-20(24)28-14(2)17(25)23-13-11-21-19(23)27/h6-7,9-10,14H,3-5,8,11-13H2,1-2H3,(H,21,27). The summed E-state index contributed by atoms with van der Waals surface area (Å²) in [6.07, 6.45) is 4.17. The molecule has 1 atom stereocenters. The Hall–Kier alpha value is -2.35. The third-order valence-corrected chi connectivity index (χ3v) is 5.89. The van der Waals surface area contributed by atoms with Crippen molar-refractivity contribution in [3.63, 3.8) is 0 Å². The van der Waals surface area contributed by atoms with Crippen LogP contribution in [0.2, 0.25) is 0 Å². The van der Waals surface area contributed by atoms with E-state index in [2.05, 4.69) is 17.2 Å². The van der Waals surface area contributed by atoms with Gasteiger partial charge in [0.2, 0.25) is 5.91 Å². The van der Waals surface area contributed by atoms with Crippen molar-refractivity contribution in [3.05, 3.63) is 34.6 Å². The average molecular weight is 403 g/mol. The van der Waals surface area contributed by atoms with E-state index in [0.29, 0.717) is 35.7 Å². The Morgan fingerprint density at radius 2 is 2.04 bits per heavy atom. The maximum absolute atomic E-state index is 13.0. The number of imide groups is 1. The van der Waals surface area contributed by atoms with Crippen LogP contribution in [0, 0.1) is 0 Å². The van der Waals surface area contributed by atoms with Crippen LogP contribution in [0.4, 0.5) is 4.79 Å². The van der Waals surface area contributed by atoms with E-state index in [1.54, 1.807) is 17.6 Å². The minimum Gasteiger partial charge on any atom is -0.336 e. The zero-order valence-electron chi connectivity index (χ0n) is 16.3. The molecule has 28 heavy (non-hydrogen) atoms. The second kappa shape index (κ2) is 9.23. The number of para-hydroxylation sites is 1. The lowest BCUT2D eigenvalue weighted by Crippen LogP contribution is -2.39. The third kappa shape index (κ3) is 4.38. The van der Waals surface area contributed by atoms with Gasteiger partial charge in [-0.25, -0.2) is 9.78 Å². The Morgan fingerprint density at radius 1 is 1.25 bits per heavy atom. The summed E-state index contributed by atoms with van der Waals surface area (Å²) >= 11 is 1.24. The zero-order chi connectivity index (χ0) is 20.1. The monoisotopic (exact) mass is 402 g/mol. The Labute approximate surface area is 168 Å². The first kappa shape index (κ1) is 20.4. The number of amides is 3. The summed E-state index contributed by atoms with van der Waals surface area (Å²) in [5, 5.41) is 3.24. The first-order valence-electron chi connectivity index (χ1n) is 9.78. The summed E-state index contributed by atoms with van der Waals surface area (Å²) in [5.74, 6) is -0.264. The molecule has 1 fully saturated rings. The zero-order valence-corrected chi connectivity index (χ0v) is 17.1. The van der Waals surface area contributed by atoms with Crippen molar-refractivity contribution in [1.29, 1.82) is 0 Å². The van der Waals surface area contributed by atoms with Crippen LogP contribution in [-0.4, -0.2) is 44.7 Å². The van der Waals surface area contributed by atoms with Crippen LogP contribution in [0.15, 0.2) is 34.2 Å². The minimum absolute atomic E-state index is 0.0804. The molecular formula is C20H26N4O3S. The molecule has 0 saturated carbocycles. The normalized spacial score (nSPS) is 15.1. The quantitative estimate of drug-likeness (QED) is 0.417. The molecule has 1 aromatic carbocycles. The van der Waals surface area contributed by atoms with E-state index in [1.165, 1.54) is 16.7 Å². The van der Waals surface area contributed by atoms with Gasteiger partial charge in [-0.15, -0.1) is 0 Å². The number of carbonyl (C=O) groups is 2. The molecule has 1 aliphatic heterocycles. The lowest BCUT2D eigenvalue weighted by atomic mass is 10.2. The number of aromatic nitrogens is 2. The van der Waals surface area contributed by atoms with Gasteiger partial charge in [0.05, 0.1) is 16.2 Å². The number of urea groups is 1. The summed E-state index contributed by atoms with van der Waals surface area (Å²) in [4.78, 5) is 43.3. The van der Waals surface area contributed by atoms with E-state index in [4.69, 9.17) is 0 Å². The van der Waals surface area contributed by atoms with Crippen LogP contribution in [0.1, 0.15) is 39.5 Å². The lowest BCUT2D eigenvalue weighted by Gasteiger charge is -2.19. The number of hydrogen-bond donors (Lipinski definition) is 1. The molecule has 1 saturated heterocycles. The smallest absolute Gasteiger partial charge is 0.324 e. The van der Waals surface area contributed by atoms with Crippen molar-refractivity contribution in [1.82, 2.24) is 19.8 Å². The fraction of sp³-hybridized carbons (Fsp3) is 0.500. The van der Waals surface area contributed by atoms with Crippen LogP contribution >= 0.6 is 11.8 Å². The van der Waals surface area contributed by atoms with Gasteiger partial charge in [0.15, 0.2) is 5.16 Å². The van der Waals surface area contributed by atoms with Gasteiger partial charge in [-0.2, -0.15) is 0 Å². The van der Waals surface area contributed by atoms with Gasteiger partial charge in [0.25, 0.3) is 5.56 Å². The van der Waals surface area contributed by atoms with Crippen LogP contribution in [-0.2, 0) is 11.3 Å². The average Bonchev–Trinajstić information content (AvgIpc) is 3.12. The highest BCUT2D eigenvalue weighted by atomic mass is 32.2. The van der Waals surface area contributed by atoms with E-state index in [0.717, 1.165) is 25.7 Å². The molecule has 1 aliphatic rings. The fourth-order valence-corrected chi connectivity index (χ4v) is 4.24. The molecule has 8 heteroatoms. The number of benzene rings is 1. The Kier molecular flexibility index (Phi) is 6.72. The van der Waals surface area contributed by atoms with E-state index < -0.39 is 5.25 Å². The Morgan fingerprint density at radius 3 is 2.75 bits per heavy atom. The van der Waals surface area contributed by atoms with Gasteiger partial charge in [-0.1, -0.05) is 50.1 Å². The van der Waals surface area contributed by atoms with Gasteiger partial charge in [0, 0.05) is 19.6 Å². The van der Waals surface area contributed by atoms with Gasteiger partial charge in [-0.3, -0.25) is 19.1 Å². The number of nitrogens with zero attached hydrogens (tertiary/aromatic N) is 3.